The fraction of sp³-hybridized carbons (Fsp3) is 0.448. The van der Waals surface area contributed by atoms with E-state index in [2.05, 4.69) is 35.4 Å². The first kappa shape index (κ1) is 30.3. The Kier molecular flexibility index (Phi) is 12.1. The molecule has 0 fully saturated rings. The topological polar surface area (TPSA) is 130 Å². The van der Waals surface area contributed by atoms with Gasteiger partial charge in [0.1, 0.15) is 6.04 Å². The van der Waals surface area contributed by atoms with Gasteiger partial charge in [-0.1, -0.05) is 69.3 Å². The number of aromatic nitrogens is 1. The van der Waals surface area contributed by atoms with Crippen LogP contribution in [0.4, 0.5) is 0 Å². The average molecular weight is 509 g/mol. The number of aliphatic hydroxyl groups is 1. The lowest BCUT2D eigenvalue weighted by molar-refractivity contribution is -0.131. The van der Waals surface area contributed by atoms with Crippen molar-refractivity contribution < 1.29 is 9.90 Å². The number of benzene rings is 1. The van der Waals surface area contributed by atoms with Crippen LogP contribution < -0.4 is 22.4 Å². The third-order valence-corrected chi connectivity index (χ3v) is 6.43. The predicted molar refractivity (Wildman–Crippen MR) is 150 cm³/mol. The number of hydrogen-bond acceptors (Lipinski definition) is 7. The number of aliphatic hydroxyl groups excluding tert-OH is 1. The van der Waals surface area contributed by atoms with E-state index in [4.69, 9.17) is 11.6 Å². The molecule has 0 radical (unpaired) electrons. The van der Waals surface area contributed by atoms with Crippen molar-refractivity contribution in [2.75, 3.05) is 6.54 Å². The zero-order valence-corrected chi connectivity index (χ0v) is 22.6. The Morgan fingerprint density at radius 1 is 1.22 bits per heavy atom. The molecule has 0 saturated carbocycles. The molecule has 1 amide bonds. The van der Waals surface area contributed by atoms with Crippen molar-refractivity contribution in [3.8, 4) is 0 Å². The summed E-state index contributed by atoms with van der Waals surface area (Å²) in [4.78, 5) is 17.2. The molecule has 8 nitrogen and oxygen atoms in total. The third-order valence-electron chi connectivity index (χ3n) is 6.43. The maximum absolute atomic E-state index is 13.0. The van der Waals surface area contributed by atoms with Crippen LogP contribution in [0.25, 0.3) is 5.57 Å². The van der Waals surface area contributed by atoms with Gasteiger partial charge in [0.05, 0.1) is 6.10 Å². The quantitative estimate of drug-likeness (QED) is 0.151. The Balaban J connectivity index is 2.06. The summed E-state index contributed by atoms with van der Waals surface area (Å²) in [6.07, 6.45) is 8.07. The van der Waals surface area contributed by atoms with Crippen molar-refractivity contribution in [3.05, 3.63) is 84.7 Å². The molecule has 8 heteroatoms. The summed E-state index contributed by atoms with van der Waals surface area (Å²) in [6.45, 7) is 12.4. The molecule has 0 aliphatic heterocycles. The molecule has 2 rings (SSSR count). The highest BCUT2D eigenvalue weighted by molar-refractivity contribution is 5.82. The summed E-state index contributed by atoms with van der Waals surface area (Å²) in [5.41, 5.74) is 14.8. The second kappa shape index (κ2) is 14.8. The predicted octanol–water partition coefficient (Wildman–Crippen LogP) is 3.17. The zero-order chi connectivity index (χ0) is 27.4. The molecule has 7 N–H and O–H groups in total. The van der Waals surface area contributed by atoms with Crippen LogP contribution in [0.15, 0.2) is 73.6 Å². The minimum absolute atomic E-state index is 0.0974. The van der Waals surface area contributed by atoms with Crippen LogP contribution in [0.5, 0.6) is 0 Å². The summed E-state index contributed by atoms with van der Waals surface area (Å²) >= 11 is 0. The van der Waals surface area contributed by atoms with Gasteiger partial charge in [0.2, 0.25) is 0 Å². The molecular formula is C29H44N6O2. The molecule has 0 spiro atoms. The molecule has 2 aromatic rings. The second-order valence-corrected chi connectivity index (χ2v) is 10.6. The van der Waals surface area contributed by atoms with Crippen molar-refractivity contribution in [2.45, 2.75) is 65.3 Å². The second-order valence-electron chi connectivity index (χ2n) is 10.6. The number of amides is 1. The van der Waals surface area contributed by atoms with Crippen molar-refractivity contribution >= 4 is 11.5 Å². The molecule has 37 heavy (non-hydrogen) atoms. The molecule has 4 atom stereocenters. The van der Waals surface area contributed by atoms with Gasteiger partial charge in [0.15, 0.2) is 0 Å². The third kappa shape index (κ3) is 10.2. The van der Waals surface area contributed by atoms with Gasteiger partial charge in [-0.15, -0.1) is 6.58 Å². The number of allylic oxidation sites excluding steroid dienone is 3. The van der Waals surface area contributed by atoms with Crippen molar-refractivity contribution in [2.24, 2.45) is 22.9 Å². The summed E-state index contributed by atoms with van der Waals surface area (Å²) in [6, 6.07) is 12.6. The number of pyridine rings is 1. The van der Waals surface area contributed by atoms with Crippen LogP contribution >= 0.6 is 0 Å². The number of carbonyl (C=O) groups excluding carboxylic acids is 1. The molecule has 0 bridgehead atoms. The Morgan fingerprint density at radius 3 is 2.49 bits per heavy atom. The molecule has 202 valence electrons. The van der Waals surface area contributed by atoms with Crippen LogP contribution in [-0.4, -0.2) is 45.7 Å². The van der Waals surface area contributed by atoms with Gasteiger partial charge < -0.3 is 10.8 Å². The van der Waals surface area contributed by atoms with E-state index in [1.807, 2.05) is 75.5 Å². The van der Waals surface area contributed by atoms with Crippen LogP contribution in [-0.2, 0) is 11.3 Å². The minimum Gasteiger partial charge on any atom is -0.390 e. The fourth-order valence-corrected chi connectivity index (χ4v) is 4.09. The molecule has 1 aromatic carbocycles. The first-order chi connectivity index (χ1) is 17.5. The van der Waals surface area contributed by atoms with Crippen LogP contribution in [0.3, 0.4) is 0 Å². The van der Waals surface area contributed by atoms with Gasteiger partial charge in [-0.25, -0.2) is 10.4 Å². The highest BCUT2D eigenvalue weighted by Crippen LogP contribution is 2.21. The number of nitrogens with two attached hydrogens (primary N) is 2. The summed E-state index contributed by atoms with van der Waals surface area (Å²) in [5, 5.41) is 12.7. The standard InChI is InChI=1S/C29H44N6O2/c1-6-22(15-14-21(2)24-13-10-16-32-18-24)17-25(30)26(36)20-35(19-23-11-8-7-9-12-23)34-28(37)27(33-31)29(3,4)5/h6-14,16,18,22,25-27,33,36H,1,15,17,19-20,30-31H2,2-5H3,(H,34,37)/b21-14+. The van der Waals surface area contributed by atoms with Gasteiger partial charge in [-0.3, -0.25) is 21.0 Å². The van der Waals surface area contributed by atoms with E-state index in [0.717, 1.165) is 23.1 Å². The van der Waals surface area contributed by atoms with Crippen molar-refractivity contribution in [1.29, 1.82) is 0 Å². The van der Waals surface area contributed by atoms with E-state index in [9.17, 15) is 9.90 Å². The lowest BCUT2D eigenvalue weighted by Gasteiger charge is -2.33. The summed E-state index contributed by atoms with van der Waals surface area (Å²) < 4.78 is 0. The number of hydrogen-bond donors (Lipinski definition) is 5. The number of nitrogens with zero attached hydrogens (tertiary/aromatic N) is 2. The Bertz CT molecular complexity index is 990. The first-order valence-corrected chi connectivity index (χ1v) is 12.7. The molecule has 1 aromatic heterocycles. The number of nitrogens with one attached hydrogen (secondary N) is 2. The Hall–Kier alpha value is -2.88. The van der Waals surface area contributed by atoms with E-state index in [0.29, 0.717) is 13.0 Å². The minimum atomic E-state index is -0.867. The van der Waals surface area contributed by atoms with Crippen LogP contribution in [0.2, 0.25) is 0 Å². The highest BCUT2D eigenvalue weighted by atomic mass is 16.3. The van der Waals surface area contributed by atoms with Gasteiger partial charge >= 0.3 is 0 Å². The zero-order valence-electron chi connectivity index (χ0n) is 22.6. The molecule has 1 heterocycles. The molecule has 0 aliphatic carbocycles. The Labute approximate surface area is 221 Å². The Morgan fingerprint density at radius 2 is 1.92 bits per heavy atom. The monoisotopic (exact) mass is 508 g/mol. The highest BCUT2D eigenvalue weighted by Gasteiger charge is 2.32. The molecule has 0 saturated heterocycles. The maximum Gasteiger partial charge on any atom is 0.253 e. The molecule has 0 aliphatic rings. The first-order valence-electron chi connectivity index (χ1n) is 12.7. The van der Waals surface area contributed by atoms with E-state index in [1.165, 1.54) is 0 Å². The van der Waals surface area contributed by atoms with Gasteiger partial charge in [-0.2, -0.15) is 0 Å². The molecule has 4 unspecified atom stereocenters. The largest absolute Gasteiger partial charge is 0.390 e. The number of hydrazine groups is 2. The smallest absolute Gasteiger partial charge is 0.253 e. The van der Waals surface area contributed by atoms with Crippen molar-refractivity contribution in [1.82, 2.24) is 20.8 Å². The lowest BCUT2D eigenvalue weighted by atomic mass is 9.87. The SMILES string of the molecule is C=CC(C/C=C(\C)c1cccnc1)CC(N)C(O)CN(Cc1ccccc1)NC(=O)C(NN)C(C)(C)C. The maximum atomic E-state index is 13.0. The van der Waals surface area contributed by atoms with Gasteiger partial charge in [0, 0.05) is 31.5 Å². The lowest BCUT2D eigenvalue weighted by Crippen LogP contribution is -2.59. The summed E-state index contributed by atoms with van der Waals surface area (Å²) in [7, 11) is 0. The van der Waals surface area contributed by atoms with E-state index >= 15 is 0 Å². The van der Waals surface area contributed by atoms with E-state index in [-0.39, 0.29) is 18.4 Å². The fourth-order valence-electron chi connectivity index (χ4n) is 4.09. The van der Waals surface area contributed by atoms with E-state index in [1.54, 1.807) is 11.2 Å². The van der Waals surface area contributed by atoms with E-state index < -0.39 is 23.6 Å². The average Bonchev–Trinajstić information content (AvgIpc) is 2.86. The van der Waals surface area contributed by atoms with Gasteiger partial charge in [-0.05, 0) is 53.9 Å². The van der Waals surface area contributed by atoms with Crippen LogP contribution in [0, 0.1) is 11.3 Å². The van der Waals surface area contributed by atoms with Gasteiger partial charge in [0.25, 0.3) is 5.91 Å². The normalized spacial score (nSPS) is 15.6. The number of rotatable bonds is 14. The van der Waals surface area contributed by atoms with Crippen LogP contribution in [0.1, 0.15) is 51.7 Å². The number of carbonyl (C=O) groups is 1. The molecular weight excluding hydrogens is 464 g/mol. The van der Waals surface area contributed by atoms with Crippen molar-refractivity contribution in [3.63, 3.8) is 0 Å². The summed E-state index contributed by atoms with van der Waals surface area (Å²) in [5.74, 6) is 5.50.